The Morgan fingerprint density at radius 3 is 2.54 bits per heavy atom. The second-order valence-corrected chi connectivity index (χ2v) is 12.1. The zero-order valence-electron chi connectivity index (χ0n) is 15.1. The molecule has 1 atom stereocenters. The van der Waals surface area contributed by atoms with Crippen molar-refractivity contribution < 1.29 is 18.7 Å². The Labute approximate surface area is 143 Å². The molecule has 0 bridgehead atoms. The van der Waals surface area contributed by atoms with Crippen LogP contribution in [-0.2, 0) is 4.43 Å². The van der Waals surface area contributed by atoms with E-state index in [4.69, 9.17) is 9.16 Å². The minimum Gasteiger partial charge on any atom is -0.481 e. The summed E-state index contributed by atoms with van der Waals surface area (Å²) in [4.78, 5) is 8.25. The Hall–Kier alpha value is -1.57. The number of halogens is 1. The lowest BCUT2D eigenvalue weighted by Crippen LogP contribution is -2.41. The van der Waals surface area contributed by atoms with Gasteiger partial charge in [-0.2, -0.15) is 0 Å². The van der Waals surface area contributed by atoms with Crippen LogP contribution in [0.3, 0.4) is 0 Å². The Bertz CT molecular complexity index is 732. The van der Waals surface area contributed by atoms with Crippen molar-refractivity contribution in [3.8, 4) is 5.88 Å². The van der Waals surface area contributed by atoms with E-state index in [1.165, 1.54) is 7.11 Å². The van der Waals surface area contributed by atoms with Gasteiger partial charge in [0.1, 0.15) is 17.4 Å². The smallest absolute Gasteiger partial charge is 0.213 e. The zero-order valence-corrected chi connectivity index (χ0v) is 16.1. The highest BCUT2D eigenvalue weighted by molar-refractivity contribution is 6.74. The Balaban J connectivity index is 2.35. The van der Waals surface area contributed by atoms with Gasteiger partial charge < -0.3 is 14.3 Å². The summed E-state index contributed by atoms with van der Waals surface area (Å²) in [6.45, 7) is 10.5. The molecule has 0 unspecified atom stereocenters. The van der Waals surface area contributed by atoms with Gasteiger partial charge in [0, 0.05) is 11.6 Å². The van der Waals surface area contributed by atoms with Crippen molar-refractivity contribution in [3.63, 3.8) is 0 Å². The molecule has 0 aliphatic heterocycles. The summed E-state index contributed by atoms with van der Waals surface area (Å²) in [7, 11) is -0.563. The number of methoxy groups -OCH3 is 1. The molecule has 132 valence electrons. The topological polar surface area (TPSA) is 64.5 Å². The Morgan fingerprint density at radius 1 is 1.29 bits per heavy atom. The number of hydrogen-bond donors (Lipinski definition) is 1. The molecule has 0 aromatic carbocycles. The molecule has 24 heavy (non-hydrogen) atoms. The lowest BCUT2D eigenvalue weighted by molar-refractivity contribution is 0.0983. The van der Waals surface area contributed by atoms with Crippen LogP contribution in [0.15, 0.2) is 18.3 Å². The molecule has 1 N–H and O–H groups in total. The summed E-state index contributed by atoms with van der Waals surface area (Å²) in [6.07, 6.45) is -0.0225. The van der Waals surface area contributed by atoms with Crippen LogP contribution >= 0.6 is 0 Å². The number of pyridine rings is 2. The summed E-state index contributed by atoms with van der Waals surface area (Å²) in [6, 6.07) is 3.33. The predicted molar refractivity (Wildman–Crippen MR) is 94.2 cm³/mol. The van der Waals surface area contributed by atoms with Crippen LogP contribution in [0, 0.1) is 5.82 Å². The molecule has 0 fully saturated rings. The van der Waals surface area contributed by atoms with Gasteiger partial charge in [-0.1, -0.05) is 20.8 Å². The summed E-state index contributed by atoms with van der Waals surface area (Å²) in [5, 5.41) is 10.5. The maximum absolute atomic E-state index is 14.3. The van der Waals surface area contributed by atoms with Crippen LogP contribution in [0.2, 0.25) is 18.1 Å². The molecule has 0 aliphatic carbocycles. The van der Waals surface area contributed by atoms with E-state index < -0.39 is 20.2 Å². The van der Waals surface area contributed by atoms with E-state index in [0.717, 1.165) is 6.20 Å². The average molecular weight is 352 g/mol. The van der Waals surface area contributed by atoms with Crippen molar-refractivity contribution in [2.24, 2.45) is 0 Å². The fourth-order valence-electron chi connectivity index (χ4n) is 2.06. The fourth-order valence-corrected chi connectivity index (χ4v) is 3.07. The number of aliphatic hydroxyl groups excluding tert-OH is 1. The first-order valence-corrected chi connectivity index (χ1v) is 10.8. The predicted octanol–water partition coefficient (Wildman–Crippen LogP) is 3.83. The first-order valence-electron chi connectivity index (χ1n) is 7.88. The lowest BCUT2D eigenvalue weighted by Gasteiger charge is -2.36. The number of nitrogens with zero attached hydrogens (tertiary/aromatic N) is 2. The molecule has 2 aromatic heterocycles. The van der Waals surface area contributed by atoms with Gasteiger partial charge in [0.2, 0.25) is 5.88 Å². The quantitative estimate of drug-likeness (QED) is 0.829. The molecule has 2 heterocycles. The molecule has 7 heteroatoms. The van der Waals surface area contributed by atoms with Crippen LogP contribution in [0.25, 0.3) is 11.0 Å². The van der Waals surface area contributed by atoms with Gasteiger partial charge in [-0.3, -0.25) is 4.98 Å². The molecule has 0 aliphatic rings. The number of aliphatic hydroxyl groups is 1. The molecular formula is C17H25FN2O3Si. The number of rotatable bonds is 5. The number of aromatic nitrogens is 2. The van der Waals surface area contributed by atoms with Gasteiger partial charge >= 0.3 is 0 Å². The third-order valence-corrected chi connectivity index (χ3v) is 9.13. The van der Waals surface area contributed by atoms with E-state index in [1.54, 1.807) is 12.1 Å². The Kier molecular flexibility index (Phi) is 5.27. The monoisotopic (exact) mass is 352 g/mol. The van der Waals surface area contributed by atoms with E-state index in [2.05, 4.69) is 43.8 Å². The molecule has 0 amide bonds. The molecule has 2 rings (SSSR count). The van der Waals surface area contributed by atoms with Crippen molar-refractivity contribution >= 4 is 19.4 Å². The minimum atomic E-state index is -2.05. The first-order chi connectivity index (χ1) is 11.1. The third-order valence-electron chi connectivity index (χ3n) is 4.63. The van der Waals surface area contributed by atoms with Gasteiger partial charge in [0.15, 0.2) is 8.32 Å². The van der Waals surface area contributed by atoms with E-state index in [1.807, 2.05) is 0 Å². The Morgan fingerprint density at radius 2 is 1.96 bits per heavy atom. The number of fused-ring (bicyclic) bond motifs is 1. The maximum Gasteiger partial charge on any atom is 0.213 e. The van der Waals surface area contributed by atoms with Crippen LogP contribution in [0.4, 0.5) is 4.39 Å². The minimum absolute atomic E-state index is 0.00699. The molecule has 0 saturated carbocycles. The molecule has 0 spiro atoms. The van der Waals surface area contributed by atoms with Crippen molar-refractivity contribution in [1.29, 1.82) is 0 Å². The van der Waals surface area contributed by atoms with Crippen LogP contribution < -0.4 is 4.74 Å². The molecule has 2 aromatic rings. The second-order valence-electron chi connectivity index (χ2n) is 7.33. The molecule has 5 nitrogen and oxygen atoms in total. The molecular weight excluding hydrogens is 327 g/mol. The standard InChI is InChI=1S/C17H25FN2O3Si/c1-17(2,3)24(5,6)23-10-13(21)15-11(18)9-19-12-7-8-14(22-4)20-16(12)15/h7-9,13,21H,10H2,1-6H3/t13-/m0/s1. The normalized spacial score (nSPS) is 14.0. The average Bonchev–Trinajstić information content (AvgIpc) is 2.50. The van der Waals surface area contributed by atoms with Gasteiger partial charge in [-0.15, -0.1) is 0 Å². The van der Waals surface area contributed by atoms with Crippen LogP contribution in [-0.4, -0.2) is 37.1 Å². The first kappa shape index (κ1) is 18.8. The summed E-state index contributed by atoms with van der Waals surface area (Å²) in [5.41, 5.74) is 0.886. The van der Waals surface area contributed by atoms with Crippen molar-refractivity contribution in [2.75, 3.05) is 13.7 Å². The van der Waals surface area contributed by atoms with E-state index in [0.29, 0.717) is 16.9 Å². The molecule has 0 radical (unpaired) electrons. The summed E-state index contributed by atoms with van der Waals surface area (Å²) in [5.74, 6) is -0.261. The summed E-state index contributed by atoms with van der Waals surface area (Å²) >= 11 is 0. The fraction of sp³-hybridized carbons (Fsp3) is 0.529. The number of ether oxygens (including phenoxy) is 1. The highest BCUT2D eigenvalue weighted by atomic mass is 28.4. The third kappa shape index (κ3) is 3.74. The van der Waals surface area contributed by atoms with Crippen molar-refractivity contribution in [3.05, 3.63) is 29.7 Å². The highest BCUT2D eigenvalue weighted by Gasteiger charge is 2.38. The largest absolute Gasteiger partial charge is 0.481 e. The van der Waals surface area contributed by atoms with Crippen molar-refractivity contribution in [1.82, 2.24) is 9.97 Å². The molecule has 0 saturated heterocycles. The van der Waals surface area contributed by atoms with Gasteiger partial charge in [-0.05, 0) is 24.2 Å². The second kappa shape index (κ2) is 6.74. The van der Waals surface area contributed by atoms with Gasteiger partial charge in [-0.25, -0.2) is 9.37 Å². The zero-order chi connectivity index (χ0) is 18.1. The van der Waals surface area contributed by atoms with Gasteiger partial charge in [0.05, 0.1) is 25.4 Å². The van der Waals surface area contributed by atoms with E-state index in [9.17, 15) is 9.50 Å². The maximum atomic E-state index is 14.3. The highest BCUT2D eigenvalue weighted by Crippen LogP contribution is 2.37. The number of hydrogen-bond acceptors (Lipinski definition) is 5. The SMILES string of the molecule is COc1ccc2ncc(F)c([C@@H](O)CO[Si](C)(C)C(C)(C)C)c2n1. The van der Waals surface area contributed by atoms with Crippen LogP contribution in [0.5, 0.6) is 5.88 Å². The van der Waals surface area contributed by atoms with E-state index in [-0.39, 0.29) is 17.2 Å². The lowest BCUT2D eigenvalue weighted by atomic mass is 10.1. The van der Waals surface area contributed by atoms with Crippen LogP contribution in [0.1, 0.15) is 32.4 Å². The summed E-state index contributed by atoms with van der Waals surface area (Å²) < 4.78 is 25.4. The van der Waals surface area contributed by atoms with Gasteiger partial charge in [0.25, 0.3) is 0 Å². The van der Waals surface area contributed by atoms with Crippen molar-refractivity contribution in [2.45, 2.75) is 45.0 Å². The van der Waals surface area contributed by atoms with E-state index >= 15 is 0 Å².